The third-order valence-electron chi connectivity index (χ3n) is 2.58. The monoisotopic (exact) mass is 428 g/mol. The summed E-state index contributed by atoms with van der Waals surface area (Å²) in [6.07, 6.45) is 0.583. The highest BCUT2D eigenvalue weighted by atomic mass is 79.9. The van der Waals surface area contributed by atoms with Crippen LogP contribution in [0.5, 0.6) is 0 Å². The van der Waals surface area contributed by atoms with Crippen LogP contribution in [0.15, 0.2) is 32.9 Å². The number of anilines is 1. The number of thiophene rings is 1. The summed E-state index contributed by atoms with van der Waals surface area (Å²) in [5.41, 5.74) is 5.88. The molecule has 0 fully saturated rings. The van der Waals surface area contributed by atoms with Crippen molar-refractivity contribution in [3.05, 3.63) is 43.0 Å². The molecule has 0 aliphatic heterocycles. The molecule has 0 unspecified atom stereocenters. The van der Waals surface area contributed by atoms with Gasteiger partial charge in [0.2, 0.25) is 10.0 Å². The first-order chi connectivity index (χ1) is 9.79. The molecule has 1 aromatic heterocycles. The third kappa shape index (κ3) is 4.34. The molecule has 0 aliphatic carbocycles. The predicted octanol–water partition coefficient (Wildman–Crippen LogP) is 3.92. The molecule has 0 spiro atoms. The van der Waals surface area contributed by atoms with Crippen molar-refractivity contribution in [1.29, 1.82) is 0 Å². The Morgan fingerprint density at radius 2 is 1.86 bits per heavy atom. The van der Waals surface area contributed by atoms with Crippen LogP contribution in [0, 0.1) is 0 Å². The zero-order valence-electron chi connectivity index (χ0n) is 10.6. The van der Waals surface area contributed by atoms with Crippen molar-refractivity contribution in [2.45, 2.75) is 11.3 Å². The van der Waals surface area contributed by atoms with E-state index in [4.69, 9.17) is 28.9 Å². The Bertz CT molecular complexity index is 739. The average molecular weight is 430 g/mol. The minimum absolute atomic E-state index is 0.00590. The van der Waals surface area contributed by atoms with Crippen LogP contribution in [0.1, 0.15) is 4.88 Å². The second-order valence-electron chi connectivity index (χ2n) is 4.17. The van der Waals surface area contributed by atoms with Crippen molar-refractivity contribution in [1.82, 2.24) is 4.72 Å². The highest BCUT2D eigenvalue weighted by Crippen LogP contribution is 2.31. The Balaban J connectivity index is 2.12. The molecule has 2 aromatic rings. The lowest BCUT2D eigenvalue weighted by Crippen LogP contribution is -2.26. The van der Waals surface area contributed by atoms with Crippen molar-refractivity contribution in [3.8, 4) is 0 Å². The molecule has 21 heavy (non-hydrogen) atoms. The molecule has 4 nitrogen and oxygen atoms in total. The molecule has 3 N–H and O–H groups in total. The molecule has 0 aliphatic rings. The lowest BCUT2D eigenvalue weighted by molar-refractivity contribution is 0.582. The number of sulfonamides is 1. The number of nitrogens with two attached hydrogens (primary N) is 1. The maximum Gasteiger partial charge on any atom is 0.243 e. The molecule has 0 amide bonds. The van der Waals surface area contributed by atoms with E-state index in [0.717, 1.165) is 8.66 Å². The first-order valence-electron chi connectivity index (χ1n) is 5.78. The molecule has 1 aromatic carbocycles. The van der Waals surface area contributed by atoms with Gasteiger partial charge in [0.1, 0.15) is 4.90 Å². The standard InChI is InChI=1S/C12H11BrCl2N2O2S2/c13-11-2-1-8(20-11)3-4-17-21(18,19)12-9(14)5-7(16)6-10(12)15/h1-2,5-6,17H,3-4,16H2. The summed E-state index contributed by atoms with van der Waals surface area (Å²) in [5, 5.41) is 0.0118. The van der Waals surface area contributed by atoms with Gasteiger partial charge in [-0.15, -0.1) is 11.3 Å². The number of benzene rings is 1. The maximum absolute atomic E-state index is 12.3. The van der Waals surface area contributed by atoms with Gasteiger partial charge in [-0.1, -0.05) is 23.2 Å². The zero-order valence-corrected chi connectivity index (χ0v) is 15.3. The molecule has 0 atom stereocenters. The van der Waals surface area contributed by atoms with Crippen molar-refractivity contribution < 1.29 is 8.42 Å². The Labute approximate surface area is 145 Å². The quantitative estimate of drug-likeness (QED) is 0.707. The fourth-order valence-electron chi connectivity index (χ4n) is 1.70. The van der Waals surface area contributed by atoms with Crippen LogP contribution < -0.4 is 10.5 Å². The van der Waals surface area contributed by atoms with Crippen LogP contribution in [-0.2, 0) is 16.4 Å². The van der Waals surface area contributed by atoms with Crippen molar-refractivity contribution in [2.24, 2.45) is 0 Å². The minimum atomic E-state index is -3.78. The zero-order chi connectivity index (χ0) is 15.6. The van der Waals surface area contributed by atoms with Crippen molar-refractivity contribution in [2.75, 3.05) is 12.3 Å². The van der Waals surface area contributed by atoms with Gasteiger partial charge in [-0.2, -0.15) is 0 Å². The van der Waals surface area contributed by atoms with E-state index in [0.29, 0.717) is 12.1 Å². The second-order valence-corrected chi connectivity index (χ2v) is 9.23. The number of nitrogens with one attached hydrogen (secondary N) is 1. The highest BCUT2D eigenvalue weighted by molar-refractivity contribution is 9.11. The normalized spacial score (nSPS) is 11.8. The molecule has 0 saturated carbocycles. The van der Waals surface area contributed by atoms with E-state index >= 15 is 0 Å². The van der Waals surface area contributed by atoms with Crippen LogP contribution in [0.2, 0.25) is 10.0 Å². The molecule has 0 bridgehead atoms. The largest absolute Gasteiger partial charge is 0.399 e. The van der Waals surface area contributed by atoms with E-state index in [2.05, 4.69) is 20.7 Å². The first-order valence-corrected chi connectivity index (χ1v) is 9.63. The third-order valence-corrected chi connectivity index (χ3v) is 6.65. The summed E-state index contributed by atoms with van der Waals surface area (Å²) in [5.74, 6) is 0. The van der Waals surface area contributed by atoms with Gasteiger partial charge in [0, 0.05) is 17.1 Å². The van der Waals surface area contributed by atoms with Gasteiger partial charge < -0.3 is 5.73 Å². The average Bonchev–Trinajstić information content (AvgIpc) is 2.72. The van der Waals surface area contributed by atoms with Crippen molar-refractivity contribution >= 4 is 66.2 Å². The first kappa shape index (κ1) is 17.1. The molecule has 114 valence electrons. The summed E-state index contributed by atoms with van der Waals surface area (Å²) < 4.78 is 28.0. The van der Waals surface area contributed by atoms with E-state index in [-0.39, 0.29) is 21.5 Å². The van der Waals surface area contributed by atoms with E-state index in [9.17, 15) is 8.42 Å². The summed E-state index contributed by atoms with van der Waals surface area (Å²) in [7, 11) is -3.78. The number of rotatable bonds is 5. The van der Waals surface area contributed by atoms with Crippen molar-refractivity contribution in [3.63, 3.8) is 0 Å². The fraction of sp³-hybridized carbons (Fsp3) is 0.167. The SMILES string of the molecule is Nc1cc(Cl)c(S(=O)(=O)NCCc2ccc(Br)s2)c(Cl)c1. The highest BCUT2D eigenvalue weighted by Gasteiger charge is 2.21. The maximum atomic E-state index is 12.3. The van der Waals surface area contributed by atoms with Crippen LogP contribution in [0.4, 0.5) is 5.69 Å². The van der Waals surface area contributed by atoms with E-state index in [1.165, 1.54) is 12.1 Å². The molecule has 9 heteroatoms. The summed E-state index contributed by atoms with van der Waals surface area (Å²) in [6.45, 7) is 0.256. The smallest absolute Gasteiger partial charge is 0.243 e. The van der Waals surface area contributed by atoms with E-state index in [1.54, 1.807) is 11.3 Å². The lowest BCUT2D eigenvalue weighted by atomic mass is 10.3. The van der Waals surface area contributed by atoms with Gasteiger partial charge >= 0.3 is 0 Å². The van der Waals surface area contributed by atoms with E-state index < -0.39 is 10.0 Å². The molecule has 1 heterocycles. The number of nitrogen functional groups attached to an aromatic ring is 1. The second kappa shape index (κ2) is 6.85. The predicted molar refractivity (Wildman–Crippen MR) is 91.8 cm³/mol. The van der Waals surface area contributed by atoms with Crippen LogP contribution >= 0.6 is 50.5 Å². The summed E-state index contributed by atoms with van der Waals surface area (Å²) >= 11 is 16.8. The number of hydrogen-bond donors (Lipinski definition) is 2. The lowest BCUT2D eigenvalue weighted by Gasteiger charge is -2.10. The van der Waals surface area contributed by atoms with Gasteiger partial charge in [0.25, 0.3) is 0 Å². The molecule has 0 radical (unpaired) electrons. The molecule has 0 saturated heterocycles. The molecule has 2 rings (SSSR count). The Morgan fingerprint density at radius 3 is 2.38 bits per heavy atom. The Hall–Kier alpha value is -0.310. The van der Waals surface area contributed by atoms with Gasteiger partial charge in [-0.05, 0) is 46.6 Å². The summed E-state index contributed by atoms with van der Waals surface area (Å²) in [6, 6.07) is 6.57. The number of halogens is 3. The minimum Gasteiger partial charge on any atom is -0.399 e. The van der Waals surface area contributed by atoms with Crippen LogP contribution in [0.3, 0.4) is 0 Å². The van der Waals surface area contributed by atoms with Gasteiger partial charge in [0.15, 0.2) is 0 Å². The van der Waals surface area contributed by atoms with Gasteiger partial charge in [0.05, 0.1) is 13.8 Å². The van der Waals surface area contributed by atoms with Gasteiger partial charge in [-0.3, -0.25) is 0 Å². The van der Waals surface area contributed by atoms with Crippen LogP contribution in [-0.4, -0.2) is 15.0 Å². The van der Waals surface area contributed by atoms with Crippen LogP contribution in [0.25, 0.3) is 0 Å². The Kier molecular flexibility index (Phi) is 5.56. The Morgan fingerprint density at radius 1 is 1.24 bits per heavy atom. The fourth-order valence-corrected chi connectivity index (χ4v) is 5.45. The summed E-state index contributed by atoms with van der Waals surface area (Å²) in [4.78, 5) is 0.923. The molecular weight excluding hydrogens is 419 g/mol. The van der Waals surface area contributed by atoms with Gasteiger partial charge in [-0.25, -0.2) is 13.1 Å². The van der Waals surface area contributed by atoms with E-state index in [1.807, 2.05) is 12.1 Å². The number of hydrogen-bond acceptors (Lipinski definition) is 4. The molecular formula is C12H11BrCl2N2O2S2. The topological polar surface area (TPSA) is 72.2 Å².